The molecule has 0 aliphatic carbocycles. The zero-order valence-electron chi connectivity index (χ0n) is 27.9. The van der Waals surface area contributed by atoms with Gasteiger partial charge in [-0.3, -0.25) is 0 Å². The number of hydrogen-bond donors (Lipinski definition) is 0. The van der Waals surface area contributed by atoms with Gasteiger partial charge in [0.25, 0.3) is 0 Å². The van der Waals surface area contributed by atoms with E-state index in [0.717, 1.165) is 22.6 Å². The van der Waals surface area contributed by atoms with Crippen LogP contribution in [0.2, 0.25) is 0 Å². The van der Waals surface area contributed by atoms with Crippen LogP contribution in [0, 0.1) is 0 Å². The van der Waals surface area contributed by atoms with Crippen molar-refractivity contribution >= 4 is 48.0 Å². The maximum Gasteiger partial charge on any atom is 2.00 e. The van der Waals surface area contributed by atoms with E-state index in [0.29, 0.717) is 0 Å². The maximum atomic E-state index is 3.46. The summed E-state index contributed by atoms with van der Waals surface area (Å²) >= 11 is 0. The first-order chi connectivity index (χ1) is 19.8. The van der Waals surface area contributed by atoms with Gasteiger partial charge in [0.1, 0.15) is 0 Å². The Morgan fingerprint density at radius 3 is 1.21 bits per heavy atom. The van der Waals surface area contributed by atoms with Crippen molar-refractivity contribution in [3.8, 4) is 0 Å². The van der Waals surface area contributed by atoms with Crippen LogP contribution in [-0.4, -0.2) is 22.6 Å². The summed E-state index contributed by atoms with van der Waals surface area (Å²) in [5.41, 5.74) is 3.30. The summed E-state index contributed by atoms with van der Waals surface area (Å²) in [5, 5.41) is 8.85. The molecule has 4 atom stereocenters. The first-order valence-electron chi connectivity index (χ1n) is 15.9. The van der Waals surface area contributed by atoms with E-state index in [4.69, 9.17) is 0 Å². The second kappa shape index (κ2) is 20.6. The average molecular weight is 635 g/mol. The molecule has 4 aromatic rings. The molecule has 0 bridgehead atoms. The minimum atomic E-state index is -0.0252. The monoisotopic (exact) mass is 634 g/mol. The second-order valence-corrected chi connectivity index (χ2v) is 17.5. The zero-order valence-corrected chi connectivity index (χ0v) is 31.3. The minimum Gasteiger partial charge on any atom is -0.161 e. The first-order valence-corrected chi connectivity index (χ1v) is 18.8. The molecule has 0 radical (unpaired) electrons. The third-order valence-electron chi connectivity index (χ3n) is 8.39. The number of fused-ring (bicyclic) bond motifs is 2. The average Bonchev–Trinajstić information content (AvgIpc) is 3.62. The topological polar surface area (TPSA) is 0 Å². The summed E-state index contributed by atoms with van der Waals surface area (Å²) in [6.45, 7) is 24.4. The molecule has 0 saturated carbocycles. The smallest absolute Gasteiger partial charge is 0.161 e. The molecule has 4 rings (SSSR count). The first kappa shape index (κ1) is 38.7. The van der Waals surface area contributed by atoms with Gasteiger partial charge in [0, 0.05) is 0 Å². The van der Waals surface area contributed by atoms with Gasteiger partial charge in [-0.25, -0.2) is 0 Å². The molecule has 0 saturated heterocycles. The summed E-state index contributed by atoms with van der Waals surface area (Å²) < 4.78 is 0. The molecule has 4 unspecified atom stereocenters. The van der Waals surface area contributed by atoms with Crippen LogP contribution in [0.5, 0.6) is 0 Å². The second-order valence-electron chi connectivity index (χ2n) is 11.3. The van der Waals surface area contributed by atoms with Crippen molar-refractivity contribution < 1.29 is 21.7 Å². The Morgan fingerprint density at radius 1 is 0.643 bits per heavy atom. The van der Waals surface area contributed by atoms with Gasteiger partial charge in [0.05, 0.1) is 0 Å². The molecular formula is C39H56P2Ti. The predicted octanol–water partition coefficient (Wildman–Crippen LogP) is 12.3. The van der Waals surface area contributed by atoms with E-state index in [1.54, 1.807) is 16.7 Å². The summed E-state index contributed by atoms with van der Waals surface area (Å²) in [6, 6.07) is 27.2. The molecular weight excluding hydrogens is 578 g/mol. The van der Waals surface area contributed by atoms with E-state index < -0.39 is 0 Å². The van der Waals surface area contributed by atoms with Crippen molar-refractivity contribution in [1.29, 1.82) is 0 Å². The van der Waals surface area contributed by atoms with Crippen LogP contribution in [-0.2, 0) is 21.7 Å². The van der Waals surface area contributed by atoms with Crippen LogP contribution >= 0.6 is 15.8 Å². The standard InChI is InChI=1S/2C17H24P.C5H8.Ti/c2*1-5-13(3)18(14(4)6-2)17-11-15-9-7-8-10-16(15)12-17;1-3-5-4-2;/h2*7-14H,5-6H2,1-4H3;3-5H,1H2,2H3;/q2*-1;;+2/b;;5-4+;. The molecule has 0 aliphatic rings. The Bertz CT molecular complexity index is 1130. The van der Waals surface area contributed by atoms with Crippen molar-refractivity contribution in [3.63, 3.8) is 0 Å². The summed E-state index contributed by atoms with van der Waals surface area (Å²) in [7, 11) is -0.0504. The molecule has 42 heavy (non-hydrogen) atoms. The van der Waals surface area contributed by atoms with Crippen LogP contribution < -0.4 is 10.6 Å². The van der Waals surface area contributed by atoms with Crippen molar-refractivity contribution in [1.82, 2.24) is 0 Å². The predicted molar refractivity (Wildman–Crippen MR) is 196 cm³/mol. The SMILES string of the molecule is C=C/C=C/C.CCC(C)P(c1cc2ccccc2[cH-]1)C(C)CC.CCC(C)P(c1cc2ccccc2[cH-]1)C(C)CC.[Ti+2]. The van der Waals surface area contributed by atoms with Crippen molar-refractivity contribution in [3.05, 3.63) is 97.6 Å². The minimum absolute atomic E-state index is 0. The normalized spacial score (nSPS) is 15.4. The van der Waals surface area contributed by atoms with Gasteiger partial charge >= 0.3 is 21.7 Å². The molecule has 0 aliphatic heterocycles. The zero-order chi connectivity index (χ0) is 30.4. The van der Waals surface area contributed by atoms with Crippen molar-refractivity contribution in [2.75, 3.05) is 0 Å². The number of rotatable bonds is 11. The summed E-state index contributed by atoms with van der Waals surface area (Å²) in [6.07, 6.45) is 10.7. The van der Waals surface area contributed by atoms with Gasteiger partial charge in [-0.15, -0.1) is 80.7 Å². The Balaban J connectivity index is 0.000000355. The Hall–Kier alpha value is -1.29. The van der Waals surface area contributed by atoms with E-state index in [2.05, 4.69) is 135 Å². The summed E-state index contributed by atoms with van der Waals surface area (Å²) in [5.74, 6) is 0. The molecule has 0 N–H and O–H groups in total. The maximum absolute atomic E-state index is 3.46. The van der Waals surface area contributed by atoms with E-state index in [-0.39, 0.29) is 37.6 Å². The van der Waals surface area contributed by atoms with Gasteiger partial charge in [-0.05, 0) is 55.2 Å². The molecule has 226 valence electrons. The van der Waals surface area contributed by atoms with Gasteiger partial charge in [0.2, 0.25) is 0 Å². The Labute approximate surface area is 276 Å². The molecule has 0 aromatic heterocycles. The Kier molecular flexibility index (Phi) is 19.0. The fraction of sp³-hybridized carbons (Fsp3) is 0.436. The Morgan fingerprint density at radius 2 is 0.976 bits per heavy atom. The molecule has 0 nitrogen and oxygen atoms in total. The fourth-order valence-electron chi connectivity index (χ4n) is 5.38. The molecule has 0 amide bonds. The van der Waals surface area contributed by atoms with Crippen molar-refractivity contribution in [2.45, 2.75) is 111 Å². The van der Waals surface area contributed by atoms with Crippen LogP contribution in [0.1, 0.15) is 88.0 Å². The number of allylic oxidation sites excluding steroid dienone is 3. The van der Waals surface area contributed by atoms with E-state index in [1.807, 2.05) is 19.1 Å². The van der Waals surface area contributed by atoms with Gasteiger partial charge in [-0.1, -0.05) is 108 Å². The molecule has 0 heterocycles. The van der Waals surface area contributed by atoms with E-state index in [9.17, 15) is 0 Å². The summed E-state index contributed by atoms with van der Waals surface area (Å²) in [4.78, 5) is 0. The molecule has 4 aromatic carbocycles. The van der Waals surface area contributed by atoms with Gasteiger partial charge in [-0.2, -0.15) is 12.1 Å². The van der Waals surface area contributed by atoms with Crippen LogP contribution in [0.3, 0.4) is 0 Å². The van der Waals surface area contributed by atoms with Crippen LogP contribution in [0.4, 0.5) is 0 Å². The van der Waals surface area contributed by atoms with Gasteiger partial charge in [0.15, 0.2) is 0 Å². The number of benzene rings is 2. The molecule has 3 heteroatoms. The largest absolute Gasteiger partial charge is 2.00 e. The fourth-order valence-corrected chi connectivity index (χ4v) is 11.9. The quantitative estimate of drug-likeness (QED) is 0.0667. The molecule has 0 fully saturated rings. The number of hydrogen-bond acceptors (Lipinski definition) is 0. The third kappa shape index (κ3) is 11.0. The van der Waals surface area contributed by atoms with E-state index in [1.165, 1.54) is 47.2 Å². The van der Waals surface area contributed by atoms with Crippen LogP contribution in [0.25, 0.3) is 21.5 Å². The molecule has 0 spiro atoms. The van der Waals surface area contributed by atoms with Crippen LogP contribution in [0.15, 0.2) is 97.6 Å². The van der Waals surface area contributed by atoms with E-state index >= 15 is 0 Å². The van der Waals surface area contributed by atoms with Crippen molar-refractivity contribution in [2.24, 2.45) is 0 Å². The van der Waals surface area contributed by atoms with Gasteiger partial charge < -0.3 is 0 Å². The third-order valence-corrected chi connectivity index (χ3v) is 15.4.